The number of anilines is 1. The molecule has 4 rings (SSSR count). The maximum Gasteiger partial charge on any atom is 0.258 e. The van der Waals surface area contributed by atoms with Crippen LogP contribution < -0.4 is 5.32 Å². The van der Waals surface area contributed by atoms with Gasteiger partial charge >= 0.3 is 0 Å². The van der Waals surface area contributed by atoms with Gasteiger partial charge < -0.3 is 0 Å². The van der Waals surface area contributed by atoms with Crippen molar-refractivity contribution in [3.63, 3.8) is 0 Å². The maximum absolute atomic E-state index is 12.7. The zero-order valence-corrected chi connectivity index (χ0v) is 15.4. The molecule has 0 bridgehead atoms. The van der Waals surface area contributed by atoms with E-state index in [-0.39, 0.29) is 5.91 Å². The summed E-state index contributed by atoms with van der Waals surface area (Å²) in [5.74, 6) is -0.169. The Hall–Kier alpha value is -2.57. The largest absolute Gasteiger partial charge is 0.298 e. The van der Waals surface area contributed by atoms with Crippen molar-refractivity contribution in [2.45, 2.75) is 13.8 Å². The van der Waals surface area contributed by atoms with E-state index in [1.807, 2.05) is 29.6 Å². The van der Waals surface area contributed by atoms with Gasteiger partial charge in [-0.15, -0.1) is 22.7 Å². The Kier molecular flexibility index (Phi) is 4.07. The van der Waals surface area contributed by atoms with Gasteiger partial charge in [-0.3, -0.25) is 15.1 Å². The monoisotopic (exact) mass is 365 g/mol. The summed E-state index contributed by atoms with van der Waals surface area (Å²) >= 11 is 3.19. The van der Waals surface area contributed by atoms with E-state index < -0.39 is 0 Å². The van der Waals surface area contributed by atoms with Crippen LogP contribution in [0.15, 0.2) is 48.0 Å². The lowest BCUT2D eigenvalue weighted by atomic mass is 10.1. The minimum Gasteiger partial charge on any atom is -0.298 e. The van der Waals surface area contributed by atoms with E-state index in [2.05, 4.69) is 35.2 Å². The summed E-state index contributed by atoms with van der Waals surface area (Å²) in [6.07, 6.45) is 1.72. The molecule has 0 spiro atoms. The fourth-order valence-electron chi connectivity index (χ4n) is 2.81. The summed E-state index contributed by atoms with van der Waals surface area (Å²) in [7, 11) is 0. The van der Waals surface area contributed by atoms with Gasteiger partial charge in [0.25, 0.3) is 5.91 Å². The van der Waals surface area contributed by atoms with Crippen LogP contribution in [0.4, 0.5) is 5.13 Å². The Morgan fingerprint density at radius 3 is 2.84 bits per heavy atom. The second kappa shape index (κ2) is 6.38. The van der Waals surface area contributed by atoms with Crippen LogP contribution in [0.1, 0.15) is 20.1 Å². The number of aryl methyl sites for hydroxylation is 2. The molecule has 0 aliphatic heterocycles. The van der Waals surface area contributed by atoms with E-state index in [1.165, 1.54) is 21.1 Å². The SMILES string of the molecule is Cc1cc(-c2csc(NC(=O)c3cccc4ncccc34)n2)c(C)s1. The number of pyridine rings is 1. The van der Waals surface area contributed by atoms with Crippen molar-refractivity contribution >= 4 is 44.6 Å². The van der Waals surface area contributed by atoms with Crippen LogP contribution in [0.5, 0.6) is 0 Å². The molecule has 1 aromatic carbocycles. The number of rotatable bonds is 3. The first-order valence-electron chi connectivity index (χ1n) is 7.80. The number of carbonyl (C=O) groups is 1. The van der Waals surface area contributed by atoms with Crippen molar-refractivity contribution in [3.05, 3.63) is 63.3 Å². The van der Waals surface area contributed by atoms with Crippen molar-refractivity contribution in [2.24, 2.45) is 0 Å². The quantitative estimate of drug-likeness (QED) is 0.537. The molecule has 4 aromatic rings. The average Bonchev–Trinajstić information content (AvgIpc) is 3.20. The van der Waals surface area contributed by atoms with E-state index in [0.29, 0.717) is 10.7 Å². The van der Waals surface area contributed by atoms with Crippen LogP contribution in [-0.4, -0.2) is 15.9 Å². The third-order valence-corrected chi connectivity index (χ3v) is 5.66. The van der Waals surface area contributed by atoms with Crippen molar-refractivity contribution in [1.82, 2.24) is 9.97 Å². The Balaban J connectivity index is 1.62. The Labute approximate surface area is 153 Å². The first-order chi connectivity index (χ1) is 12.1. The fourth-order valence-corrected chi connectivity index (χ4v) is 4.44. The molecular formula is C19H15N3OS2. The molecule has 0 saturated heterocycles. The number of thiophene rings is 1. The molecule has 1 amide bonds. The molecule has 0 radical (unpaired) electrons. The molecule has 0 aliphatic rings. The molecule has 3 heterocycles. The second-order valence-corrected chi connectivity index (χ2v) is 8.01. The number of hydrogen-bond donors (Lipinski definition) is 1. The Bertz CT molecular complexity index is 1080. The number of carbonyl (C=O) groups excluding carboxylic acids is 1. The lowest BCUT2D eigenvalue weighted by molar-refractivity contribution is 0.102. The van der Waals surface area contributed by atoms with Gasteiger partial charge in [0.05, 0.1) is 11.2 Å². The topological polar surface area (TPSA) is 54.9 Å². The third kappa shape index (κ3) is 3.06. The maximum atomic E-state index is 12.7. The molecule has 0 unspecified atom stereocenters. The highest BCUT2D eigenvalue weighted by Crippen LogP contribution is 2.32. The predicted molar refractivity (Wildman–Crippen MR) is 105 cm³/mol. The van der Waals surface area contributed by atoms with Crippen molar-refractivity contribution in [3.8, 4) is 11.3 Å². The van der Waals surface area contributed by atoms with Crippen LogP contribution in [0, 0.1) is 13.8 Å². The highest BCUT2D eigenvalue weighted by molar-refractivity contribution is 7.14. The Morgan fingerprint density at radius 2 is 2.04 bits per heavy atom. The number of aromatic nitrogens is 2. The van der Waals surface area contributed by atoms with Crippen molar-refractivity contribution < 1.29 is 4.79 Å². The van der Waals surface area contributed by atoms with Gasteiger partial charge in [-0.25, -0.2) is 4.98 Å². The third-order valence-electron chi connectivity index (χ3n) is 3.93. The molecule has 25 heavy (non-hydrogen) atoms. The highest BCUT2D eigenvalue weighted by Gasteiger charge is 2.14. The summed E-state index contributed by atoms with van der Waals surface area (Å²) in [5.41, 5.74) is 3.44. The summed E-state index contributed by atoms with van der Waals surface area (Å²) in [6, 6.07) is 11.4. The smallest absolute Gasteiger partial charge is 0.258 e. The summed E-state index contributed by atoms with van der Waals surface area (Å²) in [4.78, 5) is 24.0. The lowest BCUT2D eigenvalue weighted by Gasteiger charge is -2.05. The number of nitrogens with one attached hydrogen (secondary N) is 1. The predicted octanol–water partition coefficient (Wildman–Crippen LogP) is 5.29. The van der Waals surface area contributed by atoms with Gasteiger partial charge in [-0.1, -0.05) is 12.1 Å². The second-order valence-electron chi connectivity index (χ2n) is 5.69. The lowest BCUT2D eigenvalue weighted by Crippen LogP contribution is -2.12. The summed E-state index contributed by atoms with van der Waals surface area (Å²) < 4.78 is 0. The standard InChI is InChI=1S/C19H15N3OS2/c1-11-9-15(12(2)25-11)17-10-24-19(21-17)22-18(23)14-5-3-7-16-13(14)6-4-8-20-16/h3-10H,1-2H3,(H,21,22,23). The molecule has 0 fully saturated rings. The fraction of sp³-hybridized carbons (Fsp3) is 0.105. The van der Waals surface area contributed by atoms with Gasteiger partial charge in [-0.2, -0.15) is 0 Å². The molecule has 0 aliphatic carbocycles. The van der Waals surface area contributed by atoms with Crippen LogP contribution in [0.3, 0.4) is 0 Å². The van der Waals surface area contributed by atoms with Crippen molar-refractivity contribution in [2.75, 3.05) is 5.32 Å². The van der Waals surface area contributed by atoms with E-state index in [1.54, 1.807) is 23.6 Å². The molecule has 124 valence electrons. The average molecular weight is 365 g/mol. The molecule has 6 heteroatoms. The van der Waals surface area contributed by atoms with Crippen molar-refractivity contribution in [1.29, 1.82) is 0 Å². The number of benzene rings is 1. The normalized spacial score (nSPS) is 11.0. The molecule has 4 nitrogen and oxygen atoms in total. The summed E-state index contributed by atoms with van der Waals surface area (Å²) in [6.45, 7) is 4.18. The van der Waals surface area contributed by atoms with Gasteiger partial charge in [0.2, 0.25) is 0 Å². The number of thiazole rings is 1. The molecule has 3 aromatic heterocycles. The minimum atomic E-state index is -0.169. The van der Waals surface area contributed by atoms with E-state index in [9.17, 15) is 4.79 Å². The molecule has 0 atom stereocenters. The van der Waals surface area contributed by atoms with Crippen LogP contribution >= 0.6 is 22.7 Å². The molecule has 0 saturated carbocycles. The zero-order valence-electron chi connectivity index (χ0n) is 13.7. The first kappa shape index (κ1) is 15.9. The first-order valence-corrected chi connectivity index (χ1v) is 9.49. The number of amides is 1. The minimum absolute atomic E-state index is 0.169. The molecule has 1 N–H and O–H groups in total. The van der Waals surface area contributed by atoms with Crippen LogP contribution in [0.2, 0.25) is 0 Å². The van der Waals surface area contributed by atoms with Gasteiger partial charge in [0, 0.05) is 37.8 Å². The number of fused-ring (bicyclic) bond motifs is 1. The van der Waals surface area contributed by atoms with Gasteiger partial charge in [0.15, 0.2) is 5.13 Å². The zero-order chi connectivity index (χ0) is 17.4. The van der Waals surface area contributed by atoms with E-state index in [0.717, 1.165) is 22.2 Å². The summed E-state index contributed by atoms with van der Waals surface area (Å²) in [5, 5.41) is 6.33. The highest BCUT2D eigenvalue weighted by atomic mass is 32.1. The Morgan fingerprint density at radius 1 is 1.16 bits per heavy atom. The van der Waals surface area contributed by atoms with E-state index in [4.69, 9.17) is 0 Å². The molecular weight excluding hydrogens is 350 g/mol. The van der Waals surface area contributed by atoms with Gasteiger partial charge in [-0.05, 0) is 38.1 Å². The number of nitrogens with zero attached hydrogens (tertiary/aromatic N) is 2. The number of hydrogen-bond acceptors (Lipinski definition) is 5. The van der Waals surface area contributed by atoms with Gasteiger partial charge in [0.1, 0.15) is 0 Å². The van der Waals surface area contributed by atoms with E-state index >= 15 is 0 Å². The van der Waals surface area contributed by atoms with Crippen LogP contribution in [-0.2, 0) is 0 Å². The van der Waals surface area contributed by atoms with Crippen LogP contribution in [0.25, 0.3) is 22.2 Å².